The molecule has 0 amide bonds. The highest BCUT2D eigenvalue weighted by atomic mass is 32.2. The molecule has 0 saturated heterocycles. The Morgan fingerprint density at radius 3 is 2.12 bits per heavy atom. The zero-order valence-electron chi connectivity index (χ0n) is 9.60. The Bertz CT molecular complexity index is 422. The first-order chi connectivity index (χ1) is 7.49. The maximum Gasteiger partial charge on any atom is 0.240 e. The lowest BCUT2D eigenvalue weighted by atomic mass is 10.2. The first-order valence-electron chi connectivity index (χ1n) is 5.37. The summed E-state index contributed by atoms with van der Waals surface area (Å²) in [5.74, 6) is 0. The fraction of sp³-hybridized carbons (Fsp3) is 0.455. The lowest BCUT2D eigenvalue weighted by Crippen LogP contribution is -2.33. The molecule has 3 N–H and O–H groups in total. The number of sulfonamides is 1. The van der Waals surface area contributed by atoms with E-state index in [4.69, 9.17) is 5.73 Å². The van der Waals surface area contributed by atoms with E-state index in [1.807, 2.05) is 13.8 Å². The van der Waals surface area contributed by atoms with Crippen LogP contribution in [-0.4, -0.2) is 14.5 Å². The van der Waals surface area contributed by atoms with Gasteiger partial charge in [0.25, 0.3) is 0 Å². The van der Waals surface area contributed by atoms with Crippen molar-refractivity contribution in [3.05, 3.63) is 24.3 Å². The highest BCUT2D eigenvalue weighted by molar-refractivity contribution is 7.89. The van der Waals surface area contributed by atoms with Crippen molar-refractivity contribution >= 4 is 15.7 Å². The Morgan fingerprint density at radius 2 is 1.69 bits per heavy atom. The summed E-state index contributed by atoms with van der Waals surface area (Å²) in [7, 11) is -3.41. The van der Waals surface area contributed by atoms with Gasteiger partial charge in [-0.1, -0.05) is 13.8 Å². The predicted molar refractivity (Wildman–Crippen MR) is 65.5 cm³/mol. The minimum atomic E-state index is -3.41. The van der Waals surface area contributed by atoms with Crippen molar-refractivity contribution in [2.45, 2.75) is 37.6 Å². The van der Waals surface area contributed by atoms with Gasteiger partial charge in [-0.25, -0.2) is 13.1 Å². The molecule has 0 spiro atoms. The van der Waals surface area contributed by atoms with Gasteiger partial charge in [0.1, 0.15) is 0 Å². The molecule has 0 bridgehead atoms. The molecule has 0 aliphatic rings. The van der Waals surface area contributed by atoms with Crippen LogP contribution in [0.15, 0.2) is 29.2 Å². The zero-order valence-corrected chi connectivity index (χ0v) is 10.4. The summed E-state index contributed by atoms with van der Waals surface area (Å²) in [6.07, 6.45) is 1.56. The van der Waals surface area contributed by atoms with Crippen LogP contribution in [0.2, 0.25) is 0 Å². The first-order valence-corrected chi connectivity index (χ1v) is 6.85. The SMILES string of the molecule is CCC(CC)NS(=O)(=O)c1ccc(N)cc1. The third kappa shape index (κ3) is 3.21. The lowest BCUT2D eigenvalue weighted by Gasteiger charge is -2.14. The summed E-state index contributed by atoms with van der Waals surface area (Å²) < 4.78 is 26.5. The number of anilines is 1. The van der Waals surface area contributed by atoms with Gasteiger partial charge >= 0.3 is 0 Å². The molecule has 0 unspecified atom stereocenters. The monoisotopic (exact) mass is 242 g/mol. The molecule has 0 aliphatic carbocycles. The van der Waals surface area contributed by atoms with E-state index in [9.17, 15) is 8.42 Å². The van der Waals surface area contributed by atoms with E-state index in [-0.39, 0.29) is 10.9 Å². The van der Waals surface area contributed by atoms with Crippen molar-refractivity contribution in [3.63, 3.8) is 0 Å². The van der Waals surface area contributed by atoms with Crippen LogP contribution in [0.3, 0.4) is 0 Å². The molecular formula is C11H18N2O2S. The van der Waals surface area contributed by atoms with Crippen LogP contribution in [0.1, 0.15) is 26.7 Å². The lowest BCUT2D eigenvalue weighted by molar-refractivity contribution is 0.530. The van der Waals surface area contributed by atoms with Gasteiger partial charge in [-0.15, -0.1) is 0 Å². The Hall–Kier alpha value is -1.07. The van der Waals surface area contributed by atoms with Crippen LogP contribution in [-0.2, 0) is 10.0 Å². The third-order valence-corrected chi connectivity index (χ3v) is 4.03. The molecule has 0 fully saturated rings. The van der Waals surface area contributed by atoms with Crippen molar-refractivity contribution in [1.82, 2.24) is 4.72 Å². The summed E-state index contributed by atoms with van der Waals surface area (Å²) in [6.45, 7) is 3.92. The summed E-state index contributed by atoms with van der Waals surface area (Å²) in [5.41, 5.74) is 6.07. The van der Waals surface area contributed by atoms with E-state index in [0.29, 0.717) is 5.69 Å². The van der Waals surface area contributed by atoms with E-state index in [0.717, 1.165) is 12.8 Å². The number of benzene rings is 1. The Kier molecular flexibility index (Phi) is 4.32. The fourth-order valence-corrected chi connectivity index (χ4v) is 2.79. The normalized spacial score (nSPS) is 11.9. The zero-order chi connectivity index (χ0) is 12.2. The molecule has 0 aromatic heterocycles. The van der Waals surface area contributed by atoms with Gasteiger partial charge in [0, 0.05) is 11.7 Å². The second-order valence-corrected chi connectivity index (χ2v) is 5.42. The molecule has 4 nitrogen and oxygen atoms in total. The molecular weight excluding hydrogens is 224 g/mol. The molecule has 1 rings (SSSR count). The van der Waals surface area contributed by atoms with Crippen LogP contribution < -0.4 is 10.5 Å². The maximum absolute atomic E-state index is 11.9. The van der Waals surface area contributed by atoms with E-state index in [1.54, 1.807) is 12.1 Å². The van der Waals surface area contributed by atoms with Gasteiger partial charge in [0.2, 0.25) is 10.0 Å². The van der Waals surface area contributed by atoms with Gasteiger partial charge in [0.05, 0.1) is 4.90 Å². The van der Waals surface area contributed by atoms with E-state index >= 15 is 0 Å². The smallest absolute Gasteiger partial charge is 0.240 e. The molecule has 0 saturated carbocycles. The van der Waals surface area contributed by atoms with Crippen LogP contribution in [0.25, 0.3) is 0 Å². The van der Waals surface area contributed by atoms with Gasteiger partial charge < -0.3 is 5.73 Å². The molecule has 90 valence electrons. The summed E-state index contributed by atoms with van der Waals surface area (Å²) in [4.78, 5) is 0.258. The molecule has 5 heteroatoms. The number of rotatable bonds is 5. The summed E-state index contributed by atoms with van der Waals surface area (Å²) in [5, 5.41) is 0. The maximum atomic E-state index is 11.9. The quantitative estimate of drug-likeness (QED) is 0.772. The second kappa shape index (κ2) is 5.32. The van der Waals surface area contributed by atoms with Gasteiger partial charge in [-0.3, -0.25) is 0 Å². The standard InChI is InChI=1S/C11H18N2O2S/c1-3-10(4-2)13-16(14,15)11-7-5-9(12)6-8-11/h5-8,10,13H,3-4,12H2,1-2H3. The van der Waals surface area contributed by atoms with Crippen molar-refractivity contribution < 1.29 is 8.42 Å². The Labute approximate surface area is 96.9 Å². The first kappa shape index (κ1) is 13.0. The second-order valence-electron chi connectivity index (χ2n) is 3.70. The number of hydrogen-bond donors (Lipinski definition) is 2. The highest BCUT2D eigenvalue weighted by Crippen LogP contribution is 2.13. The minimum Gasteiger partial charge on any atom is -0.399 e. The van der Waals surface area contributed by atoms with Crippen LogP contribution in [0.5, 0.6) is 0 Å². The van der Waals surface area contributed by atoms with E-state index in [2.05, 4.69) is 4.72 Å². The van der Waals surface area contributed by atoms with E-state index < -0.39 is 10.0 Å². The topological polar surface area (TPSA) is 72.2 Å². The Morgan fingerprint density at radius 1 is 1.19 bits per heavy atom. The molecule has 0 heterocycles. The minimum absolute atomic E-state index is 0.0115. The Balaban J connectivity index is 2.89. The molecule has 1 aromatic carbocycles. The largest absolute Gasteiger partial charge is 0.399 e. The molecule has 0 radical (unpaired) electrons. The molecule has 1 aromatic rings. The number of nitrogens with two attached hydrogens (primary N) is 1. The van der Waals surface area contributed by atoms with Crippen molar-refractivity contribution in [3.8, 4) is 0 Å². The van der Waals surface area contributed by atoms with E-state index in [1.165, 1.54) is 12.1 Å². The predicted octanol–water partition coefficient (Wildman–Crippen LogP) is 1.74. The highest BCUT2D eigenvalue weighted by Gasteiger charge is 2.17. The molecule has 16 heavy (non-hydrogen) atoms. The van der Waals surface area contributed by atoms with Crippen LogP contribution in [0.4, 0.5) is 5.69 Å². The van der Waals surface area contributed by atoms with Gasteiger partial charge in [-0.05, 0) is 37.1 Å². The fourth-order valence-electron chi connectivity index (χ4n) is 1.39. The van der Waals surface area contributed by atoms with Crippen molar-refractivity contribution in [2.24, 2.45) is 0 Å². The third-order valence-electron chi connectivity index (χ3n) is 2.50. The van der Waals surface area contributed by atoms with Crippen molar-refractivity contribution in [2.75, 3.05) is 5.73 Å². The molecule has 0 aliphatic heterocycles. The van der Waals surface area contributed by atoms with Crippen LogP contribution >= 0.6 is 0 Å². The van der Waals surface area contributed by atoms with Crippen LogP contribution in [0, 0.1) is 0 Å². The summed E-state index contributed by atoms with van der Waals surface area (Å²) in [6, 6.07) is 6.19. The van der Waals surface area contributed by atoms with Gasteiger partial charge in [-0.2, -0.15) is 0 Å². The average molecular weight is 242 g/mol. The van der Waals surface area contributed by atoms with Crippen molar-refractivity contribution in [1.29, 1.82) is 0 Å². The van der Waals surface area contributed by atoms with Gasteiger partial charge in [0.15, 0.2) is 0 Å². The number of nitrogens with one attached hydrogen (secondary N) is 1. The average Bonchev–Trinajstić information content (AvgIpc) is 2.26. The number of hydrogen-bond acceptors (Lipinski definition) is 3. The summed E-state index contributed by atoms with van der Waals surface area (Å²) >= 11 is 0. The molecule has 0 atom stereocenters. The number of nitrogen functional groups attached to an aromatic ring is 1.